The second kappa shape index (κ2) is 8.45. The number of aryl methyl sites for hydroxylation is 3. The Morgan fingerprint density at radius 1 is 1.04 bits per heavy atom. The van der Waals surface area contributed by atoms with E-state index in [0.717, 1.165) is 29.7 Å². The molecule has 0 saturated carbocycles. The highest BCUT2D eigenvalue weighted by molar-refractivity contribution is 7.89. The van der Waals surface area contributed by atoms with E-state index in [4.69, 9.17) is 0 Å². The van der Waals surface area contributed by atoms with Gasteiger partial charge in [0.15, 0.2) is 0 Å². The summed E-state index contributed by atoms with van der Waals surface area (Å²) in [6, 6.07) is 12.4. The summed E-state index contributed by atoms with van der Waals surface area (Å²) in [5.41, 5.74) is 4.04. The lowest BCUT2D eigenvalue weighted by molar-refractivity contribution is -0.117. The van der Waals surface area contributed by atoms with Crippen molar-refractivity contribution in [2.24, 2.45) is 0 Å². The van der Waals surface area contributed by atoms with Crippen molar-refractivity contribution in [3.05, 3.63) is 59.2 Å². The maximum Gasteiger partial charge on any atom is 0.243 e. The minimum atomic E-state index is -3.61. The van der Waals surface area contributed by atoms with Crippen molar-refractivity contribution in [2.75, 3.05) is 11.9 Å². The highest BCUT2D eigenvalue weighted by Gasteiger charge is 2.34. The molecule has 0 aromatic heterocycles. The average Bonchev–Trinajstić information content (AvgIpc) is 2.65. The first-order chi connectivity index (χ1) is 13.3. The molecule has 0 spiro atoms. The maximum absolute atomic E-state index is 13.1. The van der Waals surface area contributed by atoms with Crippen LogP contribution in [0.5, 0.6) is 0 Å². The molecular weight excluding hydrogens is 372 g/mol. The van der Waals surface area contributed by atoms with Gasteiger partial charge in [-0.2, -0.15) is 4.31 Å². The van der Waals surface area contributed by atoms with Gasteiger partial charge in [-0.15, -0.1) is 0 Å². The molecule has 1 fully saturated rings. The van der Waals surface area contributed by atoms with Gasteiger partial charge >= 0.3 is 0 Å². The van der Waals surface area contributed by atoms with Crippen LogP contribution in [0.3, 0.4) is 0 Å². The minimum absolute atomic E-state index is 0.153. The van der Waals surface area contributed by atoms with Crippen LogP contribution in [0.2, 0.25) is 0 Å². The third-order valence-corrected chi connectivity index (χ3v) is 7.38. The van der Waals surface area contributed by atoms with E-state index in [1.807, 2.05) is 39.0 Å². The van der Waals surface area contributed by atoms with Crippen molar-refractivity contribution in [1.29, 1.82) is 0 Å². The molecule has 1 saturated heterocycles. The summed E-state index contributed by atoms with van der Waals surface area (Å²) in [6.07, 6.45) is 2.62. The Hall–Kier alpha value is -2.18. The molecule has 1 aliphatic heterocycles. The van der Waals surface area contributed by atoms with E-state index in [2.05, 4.69) is 5.32 Å². The number of amides is 1. The van der Waals surface area contributed by atoms with Crippen molar-refractivity contribution in [1.82, 2.24) is 4.31 Å². The fourth-order valence-corrected chi connectivity index (χ4v) is 5.28. The van der Waals surface area contributed by atoms with Crippen LogP contribution in [0.15, 0.2) is 47.4 Å². The molecule has 0 aliphatic carbocycles. The molecule has 1 amide bonds. The summed E-state index contributed by atoms with van der Waals surface area (Å²) in [5.74, 6) is -0.153. The van der Waals surface area contributed by atoms with Crippen molar-refractivity contribution >= 4 is 21.6 Å². The topological polar surface area (TPSA) is 66.5 Å². The molecule has 1 aliphatic rings. The number of piperidine rings is 1. The van der Waals surface area contributed by atoms with Crippen molar-refractivity contribution in [3.63, 3.8) is 0 Å². The van der Waals surface area contributed by atoms with Crippen LogP contribution in [0.1, 0.15) is 42.4 Å². The number of carbonyl (C=O) groups excluding carboxylic acids is 1. The lowest BCUT2D eigenvalue weighted by Gasteiger charge is -2.34. The predicted octanol–water partition coefficient (Wildman–Crippen LogP) is 4.18. The van der Waals surface area contributed by atoms with E-state index in [1.54, 1.807) is 24.3 Å². The summed E-state index contributed by atoms with van der Waals surface area (Å²) >= 11 is 0. The van der Waals surface area contributed by atoms with Crippen LogP contribution in [0.25, 0.3) is 0 Å². The second-order valence-corrected chi connectivity index (χ2v) is 9.52. The van der Waals surface area contributed by atoms with Crippen LogP contribution >= 0.6 is 0 Å². The lowest BCUT2D eigenvalue weighted by Crippen LogP contribution is -2.45. The van der Waals surface area contributed by atoms with Gasteiger partial charge in [0.1, 0.15) is 0 Å². The van der Waals surface area contributed by atoms with Crippen molar-refractivity contribution in [3.8, 4) is 0 Å². The molecule has 1 heterocycles. The van der Waals surface area contributed by atoms with E-state index >= 15 is 0 Å². The molecule has 0 radical (unpaired) electrons. The first-order valence-electron chi connectivity index (χ1n) is 9.73. The fraction of sp³-hybridized carbons (Fsp3) is 0.409. The van der Waals surface area contributed by atoms with E-state index in [-0.39, 0.29) is 18.4 Å². The molecular formula is C22H28N2O3S. The molecule has 1 atom stereocenters. The second-order valence-electron chi connectivity index (χ2n) is 7.63. The maximum atomic E-state index is 13.1. The number of benzene rings is 2. The zero-order valence-electron chi connectivity index (χ0n) is 16.7. The van der Waals surface area contributed by atoms with Gasteiger partial charge in [-0.3, -0.25) is 4.79 Å². The van der Waals surface area contributed by atoms with Gasteiger partial charge in [0.2, 0.25) is 15.9 Å². The van der Waals surface area contributed by atoms with Gasteiger partial charge in [-0.1, -0.05) is 30.2 Å². The van der Waals surface area contributed by atoms with Crippen LogP contribution < -0.4 is 5.32 Å². The molecule has 2 aromatic carbocycles. The van der Waals surface area contributed by atoms with Gasteiger partial charge < -0.3 is 5.32 Å². The Kier molecular flexibility index (Phi) is 6.20. The van der Waals surface area contributed by atoms with E-state index in [9.17, 15) is 13.2 Å². The lowest BCUT2D eigenvalue weighted by atomic mass is 10.0. The molecule has 1 unspecified atom stereocenters. The van der Waals surface area contributed by atoms with E-state index < -0.39 is 10.0 Å². The Morgan fingerprint density at radius 3 is 2.43 bits per heavy atom. The molecule has 5 nitrogen and oxygen atoms in total. The molecule has 6 heteroatoms. The number of hydrogen-bond acceptors (Lipinski definition) is 3. The SMILES string of the molecule is Cc1ccc(S(=O)(=O)N2CCCCC2CC(=O)Nc2ccc(C)c(C)c2)cc1. The Balaban J connectivity index is 1.74. The Labute approximate surface area is 167 Å². The number of carbonyl (C=O) groups is 1. The molecule has 3 rings (SSSR count). The van der Waals surface area contributed by atoms with Crippen LogP contribution in [0.4, 0.5) is 5.69 Å². The normalized spacial score (nSPS) is 18.0. The van der Waals surface area contributed by atoms with Crippen molar-refractivity contribution < 1.29 is 13.2 Å². The summed E-state index contributed by atoms with van der Waals surface area (Å²) in [7, 11) is -3.61. The van der Waals surface area contributed by atoms with Gasteiger partial charge in [0.05, 0.1) is 4.90 Å². The highest BCUT2D eigenvalue weighted by atomic mass is 32.2. The standard InChI is InChI=1S/C22H28N2O3S/c1-16-7-11-21(12-8-16)28(26,27)24-13-5-4-6-20(24)15-22(25)23-19-10-9-17(2)18(3)14-19/h7-12,14,20H,4-6,13,15H2,1-3H3,(H,23,25). The van der Waals surface area contributed by atoms with Gasteiger partial charge in [-0.05, 0) is 69.0 Å². The summed E-state index contributed by atoms with van der Waals surface area (Å²) in [6.45, 7) is 6.41. The smallest absolute Gasteiger partial charge is 0.243 e. The molecule has 2 aromatic rings. The van der Waals surface area contributed by atoms with Crippen molar-refractivity contribution in [2.45, 2.75) is 57.4 Å². The van der Waals surface area contributed by atoms with E-state index in [0.29, 0.717) is 17.9 Å². The number of nitrogens with zero attached hydrogens (tertiary/aromatic N) is 1. The quantitative estimate of drug-likeness (QED) is 0.819. The van der Waals surface area contributed by atoms with Crippen LogP contribution in [0, 0.1) is 20.8 Å². The zero-order valence-corrected chi connectivity index (χ0v) is 17.6. The average molecular weight is 401 g/mol. The summed E-state index contributed by atoms with van der Waals surface area (Å²) < 4.78 is 27.8. The zero-order chi connectivity index (χ0) is 20.3. The molecule has 1 N–H and O–H groups in total. The van der Waals surface area contributed by atoms with Crippen LogP contribution in [-0.2, 0) is 14.8 Å². The minimum Gasteiger partial charge on any atom is -0.326 e. The predicted molar refractivity (Wildman–Crippen MR) is 112 cm³/mol. The molecule has 0 bridgehead atoms. The number of rotatable bonds is 5. The third-order valence-electron chi connectivity index (χ3n) is 5.41. The number of sulfonamides is 1. The molecule has 28 heavy (non-hydrogen) atoms. The Bertz CT molecular complexity index is 952. The fourth-order valence-electron chi connectivity index (χ4n) is 3.59. The van der Waals surface area contributed by atoms with E-state index in [1.165, 1.54) is 9.87 Å². The number of anilines is 1. The highest BCUT2D eigenvalue weighted by Crippen LogP contribution is 2.27. The summed E-state index contributed by atoms with van der Waals surface area (Å²) in [4.78, 5) is 12.9. The number of hydrogen-bond donors (Lipinski definition) is 1. The molecule has 150 valence electrons. The monoisotopic (exact) mass is 400 g/mol. The van der Waals surface area contributed by atoms with Gasteiger partial charge in [0, 0.05) is 24.7 Å². The van der Waals surface area contributed by atoms with Crippen LogP contribution in [-0.4, -0.2) is 31.2 Å². The first-order valence-corrected chi connectivity index (χ1v) is 11.2. The first kappa shape index (κ1) is 20.6. The Morgan fingerprint density at radius 2 is 1.75 bits per heavy atom. The summed E-state index contributed by atoms with van der Waals surface area (Å²) in [5, 5.41) is 2.92. The van der Waals surface area contributed by atoms with Gasteiger partial charge in [-0.25, -0.2) is 8.42 Å². The third kappa shape index (κ3) is 4.62. The largest absolute Gasteiger partial charge is 0.326 e. The van der Waals surface area contributed by atoms with Gasteiger partial charge in [0.25, 0.3) is 0 Å². The number of nitrogens with one attached hydrogen (secondary N) is 1.